The number of fused-ring (bicyclic) bond motifs is 2. The molecule has 0 radical (unpaired) electrons. The number of carbonyl (C=O) groups excluding carboxylic acids is 3. The van der Waals surface area contributed by atoms with Crippen molar-refractivity contribution in [3.05, 3.63) is 22.5 Å². The molecule has 4 heteroatoms. The highest BCUT2D eigenvalue weighted by atomic mass is 16.5. The summed E-state index contributed by atoms with van der Waals surface area (Å²) in [5.74, 6) is 0.717. The van der Waals surface area contributed by atoms with Crippen LogP contribution in [0.4, 0.5) is 0 Å². The minimum absolute atomic E-state index is 0.00347. The van der Waals surface area contributed by atoms with Crippen LogP contribution >= 0.6 is 0 Å². The molecule has 0 aromatic carbocycles. The molecule has 0 heterocycles. The Morgan fingerprint density at radius 3 is 2.50 bits per heavy atom. The average molecular weight is 358 g/mol. The van der Waals surface area contributed by atoms with Crippen LogP contribution in [0.2, 0.25) is 0 Å². The molecule has 1 fully saturated rings. The second kappa shape index (κ2) is 6.79. The minimum atomic E-state index is -0.540. The zero-order valence-corrected chi connectivity index (χ0v) is 16.6. The molecule has 0 aromatic heterocycles. The van der Waals surface area contributed by atoms with Gasteiger partial charge in [0.2, 0.25) is 5.78 Å². The summed E-state index contributed by atoms with van der Waals surface area (Å²) in [6.45, 7) is 9.96. The maximum absolute atomic E-state index is 13.4. The molecule has 3 aliphatic carbocycles. The lowest BCUT2D eigenvalue weighted by Crippen LogP contribution is -2.47. The van der Waals surface area contributed by atoms with E-state index in [4.69, 9.17) is 4.74 Å². The Morgan fingerprint density at radius 1 is 1.19 bits per heavy atom. The Hall–Kier alpha value is -1.71. The predicted molar refractivity (Wildman–Crippen MR) is 99.1 cm³/mol. The molecule has 0 bridgehead atoms. The van der Waals surface area contributed by atoms with E-state index >= 15 is 0 Å². The van der Waals surface area contributed by atoms with E-state index < -0.39 is 5.97 Å². The van der Waals surface area contributed by atoms with E-state index in [9.17, 15) is 14.4 Å². The number of hydrogen-bond acceptors (Lipinski definition) is 4. The van der Waals surface area contributed by atoms with Gasteiger partial charge in [-0.15, -0.1) is 0 Å². The average Bonchev–Trinajstić information content (AvgIpc) is 2.58. The molecule has 0 amide bonds. The second-order valence-corrected chi connectivity index (χ2v) is 8.60. The van der Waals surface area contributed by atoms with Crippen molar-refractivity contribution in [2.24, 2.45) is 23.2 Å². The lowest BCUT2D eigenvalue weighted by molar-refractivity contribution is -0.140. The van der Waals surface area contributed by atoms with E-state index in [1.165, 1.54) is 6.92 Å². The van der Waals surface area contributed by atoms with Gasteiger partial charge >= 0.3 is 5.97 Å². The fourth-order valence-electron chi connectivity index (χ4n) is 5.50. The molecule has 0 N–H and O–H groups in total. The molecule has 1 saturated carbocycles. The van der Waals surface area contributed by atoms with Crippen molar-refractivity contribution < 1.29 is 19.1 Å². The van der Waals surface area contributed by atoms with Gasteiger partial charge in [0, 0.05) is 29.1 Å². The van der Waals surface area contributed by atoms with Gasteiger partial charge in [0.15, 0.2) is 11.5 Å². The molecule has 0 aromatic rings. The molecule has 4 atom stereocenters. The summed E-state index contributed by atoms with van der Waals surface area (Å²) in [4.78, 5) is 38.2. The molecule has 0 aliphatic heterocycles. The number of ether oxygens (including phenoxy) is 1. The SMILES string of the molecule is CCCC1=C(OC(C)=O)C(=O)C2=C(CC[C@H]3[C@@H](C)[C@@H](C)CC[C@]23C)C1=O. The Kier molecular flexibility index (Phi) is 4.98. The van der Waals surface area contributed by atoms with E-state index in [1.54, 1.807) is 0 Å². The van der Waals surface area contributed by atoms with Gasteiger partial charge in [-0.05, 0) is 49.9 Å². The van der Waals surface area contributed by atoms with Crippen molar-refractivity contribution in [3.8, 4) is 0 Å². The molecular formula is C22H30O4. The summed E-state index contributed by atoms with van der Waals surface area (Å²) < 4.78 is 5.30. The molecule has 4 nitrogen and oxygen atoms in total. The molecule has 0 saturated heterocycles. The topological polar surface area (TPSA) is 60.4 Å². The van der Waals surface area contributed by atoms with Crippen LogP contribution in [0.15, 0.2) is 22.5 Å². The summed E-state index contributed by atoms with van der Waals surface area (Å²) in [6.07, 6.45) is 4.80. The molecule has 0 unspecified atom stereocenters. The van der Waals surface area contributed by atoms with E-state index in [0.29, 0.717) is 47.3 Å². The molecule has 0 spiro atoms. The highest BCUT2D eigenvalue weighted by Gasteiger charge is 2.53. The van der Waals surface area contributed by atoms with Crippen LogP contribution in [0.3, 0.4) is 0 Å². The lowest BCUT2D eigenvalue weighted by atomic mass is 9.51. The first-order valence-electron chi connectivity index (χ1n) is 9.96. The van der Waals surface area contributed by atoms with Gasteiger partial charge in [0.25, 0.3) is 0 Å². The smallest absolute Gasteiger partial charge is 0.308 e. The third kappa shape index (κ3) is 2.78. The van der Waals surface area contributed by atoms with Gasteiger partial charge in [-0.25, -0.2) is 0 Å². The molecule has 142 valence electrons. The highest BCUT2D eigenvalue weighted by molar-refractivity contribution is 6.25. The van der Waals surface area contributed by atoms with Crippen molar-refractivity contribution in [1.29, 1.82) is 0 Å². The third-order valence-corrected chi connectivity index (χ3v) is 7.05. The quantitative estimate of drug-likeness (QED) is 0.549. The van der Waals surface area contributed by atoms with Crippen LogP contribution in [0.1, 0.15) is 73.1 Å². The van der Waals surface area contributed by atoms with Crippen LogP contribution in [0, 0.1) is 23.2 Å². The number of hydrogen-bond donors (Lipinski definition) is 0. The van der Waals surface area contributed by atoms with Crippen molar-refractivity contribution >= 4 is 17.5 Å². The van der Waals surface area contributed by atoms with Crippen molar-refractivity contribution in [2.75, 3.05) is 0 Å². The third-order valence-electron chi connectivity index (χ3n) is 7.05. The number of rotatable bonds is 3. The maximum atomic E-state index is 13.4. The van der Waals surface area contributed by atoms with Crippen molar-refractivity contribution in [1.82, 2.24) is 0 Å². The summed E-state index contributed by atoms with van der Waals surface area (Å²) in [7, 11) is 0. The number of ketones is 2. The van der Waals surface area contributed by atoms with Gasteiger partial charge in [-0.3, -0.25) is 14.4 Å². The molecule has 3 aliphatic rings. The Morgan fingerprint density at radius 2 is 1.88 bits per heavy atom. The second-order valence-electron chi connectivity index (χ2n) is 8.60. The molecular weight excluding hydrogens is 328 g/mol. The first-order chi connectivity index (χ1) is 12.2. The lowest BCUT2D eigenvalue weighted by Gasteiger charge is -2.52. The maximum Gasteiger partial charge on any atom is 0.308 e. The van der Waals surface area contributed by atoms with Gasteiger partial charge < -0.3 is 4.74 Å². The zero-order chi connectivity index (χ0) is 19.2. The van der Waals surface area contributed by atoms with Gasteiger partial charge in [0.05, 0.1) is 0 Å². The molecule has 26 heavy (non-hydrogen) atoms. The van der Waals surface area contributed by atoms with Crippen LogP contribution in [-0.4, -0.2) is 17.5 Å². The predicted octanol–water partition coefficient (Wildman–Crippen LogP) is 4.53. The Balaban J connectivity index is 2.11. The van der Waals surface area contributed by atoms with Crippen LogP contribution in [0.25, 0.3) is 0 Å². The van der Waals surface area contributed by atoms with E-state index in [1.807, 2.05) is 6.92 Å². The van der Waals surface area contributed by atoms with Gasteiger partial charge in [0.1, 0.15) is 0 Å². The fraction of sp³-hybridized carbons (Fsp3) is 0.682. The first-order valence-corrected chi connectivity index (χ1v) is 9.96. The van der Waals surface area contributed by atoms with Crippen molar-refractivity contribution in [3.63, 3.8) is 0 Å². The van der Waals surface area contributed by atoms with Gasteiger partial charge in [-0.1, -0.05) is 34.1 Å². The van der Waals surface area contributed by atoms with E-state index in [2.05, 4.69) is 20.8 Å². The number of esters is 1. The first kappa shape index (κ1) is 19.1. The summed E-state index contributed by atoms with van der Waals surface area (Å²) in [6, 6.07) is 0. The summed E-state index contributed by atoms with van der Waals surface area (Å²) >= 11 is 0. The Labute approximate surface area is 156 Å². The van der Waals surface area contributed by atoms with E-state index in [-0.39, 0.29) is 22.7 Å². The standard InChI is InChI=1S/C22H30O4/c1-6-7-16-19(24)15-8-9-17-13(3)12(2)10-11-22(17,5)18(15)20(25)21(16)26-14(4)23/h12-13,17H,6-11H2,1-5H3/t12-,13-,17-,22-/m0/s1. The largest absolute Gasteiger partial charge is 0.422 e. The minimum Gasteiger partial charge on any atom is -0.422 e. The van der Waals surface area contributed by atoms with Crippen LogP contribution < -0.4 is 0 Å². The van der Waals surface area contributed by atoms with Crippen LogP contribution in [0.5, 0.6) is 0 Å². The number of carbonyl (C=O) groups is 3. The number of allylic oxidation sites excluding steroid dienone is 3. The summed E-state index contributed by atoms with van der Waals surface area (Å²) in [5, 5.41) is 0. The highest BCUT2D eigenvalue weighted by Crippen LogP contribution is 2.58. The summed E-state index contributed by atoms with van der Waals surface area (Å²) in [5.41, 5.74) is 1.43. The zero-order valence-electron chi connectivity index (χ0n) is 16.6. The van der Waals surface area contributed by atoms with Crippen molar-refractivity contribution in [2.45, 2.75) is 73.1 Å². The monoisotopic (exact) mass is 358 g/mol. The van der Waals surface area contributed by atoms with Crippen LogP contribution in [-0.2, 0) is 19.1 Å². The van der Waals surface area contributed by atoms with E-state index in [0.717, 1.165) is 25.7 Å². The fourth-order valence-corrected chi connectivity index (χ4v) is 5.50. The number of Topliss-reactive ketones (excluding diaryl/α,β-unsaturated/α-hetero) is 2. The molecule has 3 rings (SSSR count). The Bertz CT molecular complexity index is 726. The normalized spacial score (nSPS) is 34.6. The van der Waals surface area contributed by atoms with Gasteiger partial charge in [-0.2, -0.15) is 0 Å².